The first kappa shape index (κ1) is 16.0. The summed E-state index contributed by atoms with van der Waals surface area (Å²) in [4.78, 5) is 6.62. The number of oxazole rings is 1. The Hall–Kier alpha value is -1.36. The number of nitrogens with zero attached hydrogens (tertiary/aromatic N) is 2. The maximum atomic E-state index is 9.91. The van der Waals surface area contributed by atoms with Gasteiger partial charge in [-0.1, -0.05) is 24.6 Å². The van der Waals surface area contributed by atoms with Gasteiger partial charge in [-0.05, 0) is 38.6 Å². The molecule has 0 aliphatic rings. The van der Waals surface area contributed by atoms with Gasteiger partial charge in [0.2, 0.25) is 5.89 Å². The van der Waals surface area contributed by atoms with Gasteiger partial charge in [0.1, 0.15) is 6.26 Å². The van der Waals surface area contributed by atoms with Crippen molar-refractivity contribution in [3.63, 3.8) is 0 Å². The summed E-state index contributed by atoms with van der Waals surface area (Å²) in [5, 5.41) is 10.6. The van der Waals surface area contributed by atoms with Gasteiger partial charge in [-0.15, -0.1) is 0 Å². The molecule has 0 spiro atoms. The lowest BCUT2D eigenvalue weighted by Gasteiger charge is -2.27. The van der Waals surface area contributed by atoms with Gasteiger partial charge in [0, 0.05) is 23.7 Å². The first-order valence-corrected chi connectivity index (χ1v) is 7.40. The first-order chi connectivity index (χ1) is 9.87. The average Bonchev–Trinajstić information content (AvgIpc) is 2.85. The Balaban J connectivity index is 2.09. The summed E-state index contributed by atoms with van der Waals surface area (Å²) in [5.74, 6) is 0.562. The van der Waals surface area contributed by atoms with Gasteiger partial charge in [0.25, 0.3) is 0 Å². The molecule has 0 saturated carbocycles. The molecule has 0 bridgehead atoms. The molecule has 1 heterocycles. The van der Waals surface area contributed by atoms with E-state index in [0.29, 0.717) is 24.0 Å². The zero-order valence-electron chi connectivity index (χ0n) is 12.6. The molecule has 1 aromatic heterocycles. The number of rotatable bonds is 6. The maximum absolute atomic E-state index is 9.91. The van der Waals surface area contributed by atoms with Crippen molar-refractivity contribution in [2.75, 3.05) is 13.1 Å². The van der Waals surface area contributed by atoms with Crippen LogP contribution in [0.5, 0.6) is 0 Å². The third-order valence-electron chi connectivity index (χ3n) is 3.07. The van der Waals surface area contributed by atoms with Gasteiger partial charge < -0.3 is 9.52 Å². The van der Waals surface area contributed by atoms with E-state index in [-0.39, 0.29) is 0 Å². The summed E-state index contributed by atoms with van der Waals surface area (Å²) < 4.78 is 5.52. The van der Waals surface area contributed by atoms with Gasteiger partial charge >= 0.3 is 0 Å². The highest BCUT2D eigenvalue weighted by Gasteiger charge is 2.18. The van der Waals surface area contributed by atoms with Crippen LogP contribution >= 0.6 is 11.6 Å². The zero-order chi connectivity index (χ0) is 15.5. The topological polar surface area (TPSA) is 49.5 Å². The van der Waals surface area contributed by atoms with Crippen LogP contribution in [0.15, 0.2) is 34.9 Å². The lowest BCUT2D eigenvalue weighted by Crippen LogP contribution is -2.38. The summed E-state index contributed by atoms with van der Waals surface area (Å²) in [6.45, 7) is 7.73. The van der Waals surface area contributed by atoms with Crippen molar-refractivity contribution < 1.29 is 9.52 Å². The molecule has 0 aliphatic carbocycles. The smallest absolute Gasteiger partial charge is 0.226 e. The summed E-state index contributed by atoms with van der Waals surface area (Å²) in [5.41, 5.74) is 0.977. The van der Waals surface area contributed by atoms with Crippen molar-refractivity contribution in [2.45, 2.75) is 32.9 Å². The Bertz CT molecular complexity index is 590. The van der Waals surface area contributed by atoms with E-state index >= 15 is 0 Å². The summed E-state index contributed by atoms with van der Waals surface area (Å²) in [7, 11) is 0. The van der Waals surface area contributed by atoms with Crippen molar-refractivity contribution in [2.24, 2.45) is 0 Å². The summed E-state index contributed by atoms with van der Waals surface area (Å²) in [6.07, 6.45) is 1.66. The fourth-order valence-electron chi connectivity index (χ4n) is 2.19. The third kappa shape index (κ3) is 4.84. The minimum atomic E-state index is -0.727. The second-order valence-electron chi connectivity index (χ2n) is 5.77. The van der Waals surface area contributed by atoms with Crippen LogP contribution in [0, 0.1) is 0 Å². The van der Waals surface area contributed by atoms with Crippen LogP contribution in [-0.2, 0) is 6.54 Å². The molecule has 1 N–H and O–H groups in total. The molecule has 114 valence electrons. The minimum absolute atomic E-state index is 0.562. The predicted octanol–water partition coefficient (Wildman–Crippen LogP) is 3.59. The van der Waals surface area contributed by atoms with Crippen LogP contribution < -0.4 is 0 Å². The number of aromatic nitrogens is 1. The molecule has 0 aliphatic heterocycles. The molecule has 0 fully saturated rings. The summed E-state index contributed by atoms with van der Waals surface area (Å²) >= 11 is 5.98. The molecule has 0 atom stereocenters. The van der Waals surface area contributed by atoms with Crippen LogP contribution in [0.25, 0.3) is 11.5 Å². The van der Waals surface area contributed by atoms with Crippen LogP contribution in [0.2, 0.25) is 5.02 Å². The van der Waals surface area contributed by atoms with E-state index in [1.54, 1.807) is 20.1 Å². The second-order valence-corrected chi connectivity index (χ2v) is 6.21. The highest BCUT2D eigenvalue weighted by atomic mass is 35.5. The Kier molecular flexibility index (Phi) is 5.04. The quantitative estimate of drug-likeness (QED) is 0.886. The van der Waals surface area contributed by atoms with E-state index in [1.807, 2.05) is 24.3 Å². The monoisotopic (exact) mass is 308 g/mol. The fraction of sp³-hybridized carbons (Fsp3) is 0.438. The number of hydrogen-bond acceptors (Lipinski definition) is 4. The van der Waals surface area contributed by atoms with Crippen molar-refractivity contribution in [3.8, 4) is 11.5 Å². The molecule has 0 unspecified atom stereocenters. The van der Waals surface area contributed by atoms with Crippen LogP contribution in [0.3, 0.4) is 0 Å². The van der Waals surface area contributed by atoms with Crippen molar-refractivity contribution >= 4 is 11.6 Å². The fourth-order valence-corrected chi connectivity index (χ4v) is 2.38. The van der Waals surface area contributed by atoms with E-state index in [0.717, 1.165) is 17.8 Å². The third-order valence-corrected chi connectivity index (χ3v) is 3.30. The molecule has 0 amide bonds. The van der Waals surface area contributed by atoms with Gasteiger partial charge in [0.15, 0.2) is 0 Å². The van der Waals surface area contributed by atoms with E-state index < -0.39 is 5.60 Å². The second kappa shape index (κ2) is 6.60. The molecule has 21 heavy (non-hydrogen) atoms. The van der Waals surface area contributed by atoms with Gasteiger partial charge in [-0.3, -0.25) is 4.90 Å². The van der Waals surface area contributed by atoms with E-state index in [9.17, 15) is 5.11 Å². The van der Waals surface area contributed by atoms with E-state index in [4.69, 9.17) is 16.0 Å². The van der Waals surface area contributed by atoms with Crippen molar-refractivity contribution in [3.05, 3.63) is 41.2 Å². The SMILES string of the molecule is CCN(Cc1coc(-c2cccc(Cl)c2)n1)CC(C)(C)O. The lowest BCUT2D eigenvalue weighted by molar-refractivity contribution is 0.0349. The van der Waals surface area contributed by atoms with E-state index in [1.165, 1.54) is 0 Å². The van der Waals surface area contributed by atoms with Gasteiger partial charge in [-0.25, -0.2) is 4.98 Å². The van der Waals surface area contributed by atoms with Crippen LogP contribution in [-0.4, -0.2) is 33.7 Å². The molecule has 0 saturated heterocycles. The predicted molar refractivity (Wildman–Crippen MR) is 84.2 cm³/mol. The molecule has 1 aromatic carbocycles. The van der Waals surface area contributed by atoms with Gasteiger partial charge in [0.05, 0.1) is 11.3 Å². The Labute approximate surface area is 130 Å². The van der Waals surface area contributed by atoms with Crippen LogP contribution in [0.4, 0.5) is 0 Å². The molecule has 2 rings (SSSR count). The highest BCUT2D eigenvalue weighted by Crippen LogP contribution is 2.22. The van der Waals surface area contributed by atoms with Gasteiger partial charge in [-0.2, -0.15) is 0 Å². The molecular weight excluding hydrogens is 288 g/mol. The molecule has 5 heteroatoms. The average molecular weight is 309 g/mol. The molecule has 0 radical (unpaired) electrons. The lowest BCUT2D eigenvalue weighted by atomic mass is 10.1. The summed E-state index contributed by atoms with van der Waals surface area (Å²) in [6, 6.07) is 7.42. The maximum Gasteiger partial charge on any atom is 0.226 e. The Morgan fingerprint density at radius 3 is 2.76 bits per heavy atom. The molecule has 2 aromatic rings. The molecule has 4 nitrogen and oxygen atoms in total. The number of halogens is 1. The van der Waals surface area contributed by atoms with Crippen molar-refractivity contribution in [1.29, 1.82) is 0 Å². The Morgan fingerprint density at radius 1 is 1.38 bits per heavy atom. The first-order valence-electron chi connectivity index (χ1n) is 7.02. The zero-order valence-corrected chi connectivity index (χ0v) is 13.4. The number of aliphatic hydroxyl groups is 1. The number of likely N-dealkylation sites (N-methyl/N-ethyl adjacent to an activating group) is 1. The molecular formula is C16H21ClN2O2. The minimum Gasteiger partial charge on any atom is -0.444 e. The largest absolute Gasteiger partial charge is 0.444 e. The normalized spacial score (nSPS) is 12.1. The standard InChI is InChI=1S/C16H21ClN2O2/c1-4-19(11-16(2,3)20)9-14-10-21-15(18-14)12-6-5-7-13(17)8-12/h5-8,10,20H,4,9,11H2,1-3H3. The van der Waals surface area contributed by atoms with E-state index in [2.05, 4.69) is 16.8 Å². The van der Waals surface area contributed by atoms with Crippen molar-refractivity contribution in [1.82, 2.24) is 9.88 Å². The Morgan fingerprint density at radius 2 is 2.14 bits per heavy atom. The number of hydrogen-bond donors (Lipinski definition) is 1. The van der Waals surface area contributed by atoms with Crippen LogP contribution in [0.1, 0.15) is 26.5 Å². The number of benzene rings is 1. The highest BCUT2D eigenvalue weighted by molar-refractivity contribution is 6.30.